The number of nitrogens with zero attached hydrogens (tertiary/aromatic N) is 1. The molecule has 0 heterocycles. The maximum atomic E-state index is 4.81. The Balaban J connectivity index is 2.25. The van der Waals surface area contributed by atoms with Crippen molar-refractivity contribution in [3.63, 3.8) is 0 Å². The van der Waals surface area contributed by atoms with Gasteiger partial charge in [-0.3, -0.25) is 4.99 Å². The van der Waals surface area contributed by atoms with Crippen molar-refractivity contribution in [1.29, 1.82) is 0 Å². The molecular weight excluding hydrogens is 230 g/mol. The van der Waals surface area contributed by atoms with Crippen molar-refractivity contribution in [3.8, 4) is 0 Å². The van der Waals surface area contributed by atoms with Crippen molar-refractivity contribution in [2.45, 2.75) is 40.2 Å². The minimum atomic E-state index is 0.395. The molecule has 1 atom stereocenters. The molecular formula is C18H23N. The molecule has 0 aliphatic rings. The maximum Gasteiger partial charge on any atom is 0.0477 e. The lowest BCUT2D eigenvalue weighted by atomic mass is 10.0. The van der Waals surface area contributed by atoms with Crippen LogP contribution >= 0.6 is 0 Å². The molecule has 0 radical (unpaired) electrons. The Bertz CT molecular complexity index is 581. The lowest BCUT2D eigenvalue weighted by molar-refractivity contribution is 0.522. The minimum absolute atomic E-state index is 0.395. The Morgan fingerprint density at radius 2 is 1.68 bits per heavy atom. The summed E-state index contributed by atoms with van der Waals surface area (Å²) in [5.41, 5.74) is 2.37. The van der Waals surface area contributed by atoms with E-state index >= 15 is 0 Å². The van der Waals surface area contributed by atoms with E-state index in [1.165, 1.54) is 16.3 Å². The van der Waals surface area contributed by atoms with E-state index in [1.807, 2.05) is 0 Å². The number of aliphatic imine (C=N–C) groups is 1. The first-order valence-corrected chi connectivity index (χ1v) is 7.10. The molecule has 0 saturated heterocycles. The third-order valence-corrected chi connectivity index (χ3v) is 3.39. The first-order valence-electron chi connectivity index (χ1n) is 7.10. The van der Waals surface area contributed by atoms with Crippen LogP contribution in [0.3, 0.4) is 0 Å². The van der Waals surface area contributed by atoms with Gasteiger partial charge in [0.25, 0.3) is 0 Å². The molecule has 0 aromatic heterocycles. The van der Waals surface area contributed by atoms with E-state index in [-0.39, 0.29) is 0 Å². The van der Waals surface area contributed by atoms with E-state index in [4.69, 9.17) is 4.99 Å². The van der Waals surface area contributed by atoms with Crippen LogP contribution in [0, 0.1) is 5.92 Å². The highest BCUT2D eigenvalue weighted by atomic mass is 14.8. The van der Waals surface area contributed by atoms with Crippen molar-refractivity contribution < 1.29 is 0 Å². The van der Waals surface area contributed by atoms with Crippen molar-refractivity contribution in [2.24, 2.45) is 10.9 Å². The largest absolute Gasteiger partial charge is 0.286 e. The van der Waals surface area contributed by atoms with Crippen LogP contribution in [0.15, 0.2) is 47.5 Å². The summed E-state index contributed by atoms with van der Waals surface area (Å²) >= 11 is 0. The normalized spacial score (nSPS) is 14.1. The second-order valence-corrected chi connectivity index (χ2v) is 5.76. The second-order valence-electron chi connectivity index (χ2n) is 5.76. The van der Waals surface area contributed by atoms with Crippen LogP contribution in [0.1, 0.15) is 39.7 Å². The number of hydrogen-bond donors (Lipinski definition) is 0. The zero-order valence-corrected chi connectivity index (χ0v) is 12.4. The molecule has 0 spiro atoms. The molecule has 1 unspecified atom stereocenters. The van der Waals surface area contributed by atoms with Gasteiger partial charge in [0.15, 0.2) is 0 Å². The van der Waals surface area contributed by atoms with E-state index in [0.29, 0.717) is 12.0 Å². The number of benzene rings is 2. The molecule has 100 valence electrons. The summed E-state index contributed by atoms with van der Waals surface area (Å²) in [5, 5.41) is 2.57. The van der Waals surface area contributed by atoms with Gasteiger partial charge < -0.3 is 0 Å². The molecule has 1 heteroatoms. The fourth-order valence-corrected chi connectivity index (χ4v) is 2.55. The first-order chi connectivity index (χ1) is 9.06. The molecule has 0 aliphatic heterocycles. The van der Waals surface area contributed by atoms with E-state index in [0.717, 1.165) is 12.1 Å². The Kier molecular flexibility index (Phi) is 4.36. The predicted octanol–water partition coefficient (Wildman–Crippen LogP) is 5.08. The summed E-state index contributed by atoms with van der Waals surface area (Å²) in [5.74, 6) is 0.697. The van der Waals surface area contributed by atoms with E-state index in [9.17, 15) is 0 Å². The molecule has 0 fully saturated rings. The Morgan fingerprint density at radius 1 is 1.00 bits per heavy atom. The third-order valence-electron chi connectivity index (χ3n) is 3.39. The molecule has 2 aromatic rings. The summed E-state index contributed by atoms with van der Waals surface area (Å²) in [7, 11) is 0. The van der Waals surface area contributed by atoms with Gasteiger partial charge in [-0.05, 0) is 48.6 Å². The summed E-state index contributed by atoms with van der Waals surface area (Å²) < 4.78 is 0. The monoisotopic (exact) mass is 253 g/mol. The predicted molar refractivity (Wildman–Crippen MR) is 85.1 cm³/mol. The smallest absolute Gasteiger partial charge is 0.0477 e. The van der Waals surface area contributed by atoms with Crippen LogP contribution in [0.25, 0.3) is 10.8 Å². The topological polar surface area (TPSA) is 12.4 Å². The van der Waals surface area contributed by atoms with Gasteiger partial charge >= 0.3 is 0 Å². The third kappa shape index (κ3) is 3.66. The molecule has 0 saturated carbocycles. The molecule has 0 aliphatic carbocycles. The zero-order chi connectivity index (χ0) is 13.8. The number of hydrogen-bond acceptors (Lipinski definition) is 1. The van der Waals surface area contributed by atoms with Crippen LogP contribution in [0.4, 0.5) is 0 Å². The van der Waals surface area contributed by atoms with Gasteiger partial charge in [-0.2, -0.15) is 0 Å². The second kappa shape index (κ2) is 6.01. The number of fused-ring (bicyclic) bond motifs is 1. The SMILES string of the molecule is CC(=NC(C)CC(C)C)c1ccc2ccccc2c1. The summed E-state index contributed by atoms with van der Waals surface area (Å²) in [6, 6.07) is 15.4. The minimum Gasteiger partial charge on any atom is -0.286 e. The fraction of sp³-hybridized carbons (Fsp3) is 0.389. The Hall–Kier alpha value is -1.63. The van der Waals surface area contributed by atoms with Gasteiger partial charge in [-0.25, -0.2) is 0 Å². The molecule has 2 rings (SSSR count). The highest BCUT2D eigenvalue weighted by molar-refractivity contribution is 6.02. The van der Waals surface area contributed by atoms with Crippen molar-refractivity contribution in [1.82, 2.24) is 0 Å². The van der Waals surface area contributed by atoms with Crippen LogP contribution in [0.2, 0.25) is 0 Å². The molecule has 2 aromatic carbocycles. The van der Waals surface area contributed by atoms with Crippen molar-refractivity contribution in [3.05, 3.63) is 48.0 Å². The van der Waals surface area contributed by atoms with Gasteiger partial charge in [0.1, 0.15) is 0 Å². The van der Waals surface area contributed by atoms with Crippen LogP contribution in [-0.2, 0) is 0 Å². The maximum absolute atomic E-state index is 4.81. The quantitative estimate of drug-likeness (QED) is 0.673. The average Bonchev–Trinajstić information content (AvgIpc) is 2.37. The number of rotatable bonds is 4. The molecule has 19 heavy (non-hydrogen) atoms. The Labute approximate surface area is 116 Å². The van der Waals surface area contributed by atoms with Gasteiger partial charge in [-0.15, -0.1) is 0 Å². The van der Waals surface area contributed by atoms with Gasteiger partial charge in [0, 0.05) is 11.8 Å². The van der Waals surface area contributed by atoms with Crippen LogP contribution < -0.4 is 0 Å². The standard InChI is InChI=1S/C18H23N/c1-13(2)11-14(3)19-15(4)17-10-9-16-7-5-6-8-18(16)12-17/h5-10,12-14H,11H2,1-4H3. The summed E-state index contributed by atoms with van der Waals surface area (Å²) in [4.78, 5) is 4.81. The van der Waals surface area contributed by atoms with Gasteiger partial charge in [-0.1, -0.05) is 50.2 Å². The van der Waals surface area contributed by atoms with Crippen LogP contribution in [0.5, 0.6) is 0 Å². The lowest BCUT2D eigenvalue weighted by Crippen LogP contribution is -2.07. The molecule has 0 N–H and O–H groups in total. The average molecular weight is 253 g/mol. The highest BCUT2D eigenvalue weighted by Crippen LogP contribution is 2.17. The molecule has 0 bridgehead atoms. The summed E-state index contributed by atoms with van der Waals surface area (Å²) in [6.45, 7) is 8.81. The van der Waals surface area contributed by atoms with E-state index in [2.05, 4.69) is 70.2 Å². The van der Waals surface area contributed by atoms with E-state index < -0.39 is 0 Å². The molecule has 1 nitrogen and oxygen atoms in total. The lowest BCUT2D eigenvalue weighted by Gasteiger charge is -2.11. The van der Waals surface area contributed by atoms with Gasteiger partial charge in [0.05, 0.1) is 0 Å². The summed E-state index contributed by atoms with van der Waals surface area (Å²) in [6.07, 6.45) is 1.14. The van der Waals surface area contributed by atoms with Crippen LogP contribution in [-0.4, -0.2) is 11.8 Å². The van der Waals surface area contributed by atoms with E-state index in [1.54, 1.807) is 0 Å². The Morgan fingerprint density at radius 3 is 2.37 bits per heavy atom. The first kappa shape index (κ1) is 13.8. The van der Waals surface area contributed by atoms with Crippen molar-refractivity contribution in [2.75, 3.05) is 0 Å². The zero-order valence-electron chi connectivity index (χ0n) is 12.4. The molecule has 0 amide bonds. The highest BCUT2D eigenvalue weighted by Gasteiger charge is 2.05. The fourth-order valence-electron chi connectivity index (χ4n) is 2.55. The van der Waals surface area contributed by atoms with Gasteiger partial charge in [0.2, 0.25) is 0 Å². The van der Waals surface area contributed by atoms with Crippen molar-refractivity contribution >= 4 is 16.5 Å².